The summed E-state index contributed by atoms with van der Waals surface area (Å²) in [6.07, 6.45) is 1.60. The van der Waals surface area contributed by atoms with Crippen LogP contribution in [0.2, 0.25) is 0 Å². The molecule has 2 rings (SSSR count). The predicted octanol–water partition coefficient (Wildman–Crippen LogP) is 0.998. The van der Waals surface area contributed by atoms with Crippen molar-refractivity contribution in [1.82, 2.24) is 4.40 Å². The van der Waals surface area contributed by atoms with E-state index < -0.39 is 5.97 Å². The highest BCUT2D eigenvalue weighted by Crippen LogP contribution is 2.03. The number of rotatable bonds is 1. The summed E-state index contributed by atoms with van der Waals surface area (Å²) in [4.78, 5) is 22.1. The van der Waals surface area contributed by atoms with Crippen molar-refractivity contribution in [3.63, 3.8) is 0 Å². The second-order valence-electron chi connectivity index (χ2n) is 2.88. The number of fused-ring (bicyclic) bond motifs is 1. The molecule has 0 atom stereocenters. The average Bonchev–Trinajstić information content (AvgIpc) is 2.17. The molecule has 0 radical (unpaired) electrons. The van der Waals surface area contributed by atoms with E-state index in [1.165, 1.54) is 10.5 Å². The van der Waals surface area contributed by atoms with E-state index in [4.69, 9.17) is 5.11 Å². The van der Waals surface area contributed by atoms with Crippen LogP contribution in [0.3, 0.4) is 0 Å². The van der Waals surface area contributed by atoms with Crippen molar-refractivity contribution >= 4 is 11.5 Å². The summed E-state index contributed by atoms with van der Waals surface area (Å²) in [5.41, 5.74) is 0.263. The molecule has 2 heterocycles. The lowest BCUT2D eigenvalue weighted by Crippen LogP contribution is -2.14. The van der Waals surface area contributed by atoms with Crippen LogP contribution >= 0.6 is 0 Å². The van der Waals surface area contributed by atoms with Gasteiger partial charge >= 0.3 is 5.97 Å². The van der Waals surface area contributed by atoms with Gasteiger partial charge in [-0.2, -0.15) is 0 Å². The van der Waals surface area contributed by atoms with Gasteiger partial charge in [0.2, 0.25) is 0 Å². The third-order valence-corrected chi connectivity index (χ3v) is 1.96. The largest absolute Gasteiger partial charge is 0.478 e. The second-order valence-corrected chi connectivity index (χ2v) is 2.88. The van der Waals surface area contributed by atoms with Crippen LogP contribution in [-0.2, 0) is 0 Å². The Kier molecular flexibility index (Phi) is 1.81. The molecule has 0 aliphatic heterocycles. The van der Waals surface area contributed by atoms with Gasteiger partial charge in [-0.3, -0.25) is 9.20 Å². The van der Waals surface area contributed by atoms with Crippen LogP contribution in [-0.4, -0.2) is 15.5 Å². The van der Waals surface area contributed by atoms with Gasteiger partial charge < -0.3 is 5.11 Å². The van der Waals surface area contributed by atoms with Gasteiger partial charge in [0.1, 0.15) is 0 Å². The van der Waals surface area contributed by atoms with Crippen molar-refractivity contribution in [3.8, 4) is 0 Å². The highest BCUT2D eigenvalue weighted by molar-refractivity contribution is 5.88. The Labute approximate surface area is 79.0 Å². The van der Waals surface area contributed by atoms with Gasteiger partial charge in [0.15, 0.2) is 0 Å². The van der Waals surface area contributed by atoms with E-state index in [1.54, 1.807) is 24.4 Å². The van der Waals surface area contributed by atoms with E-state index >= 15 is 0 Å². The molecule has 0 spiro atoms. The van der Waals surface area contributed by atoms with Crippen molar-refractivity contribution in [2.24, 2.45) is 0 Å². The number of pyridine rings is 2. The maximum Gasteiger partial charge on any atom is 0.335 e. The van der Waals surface area contributed by atoms with Crippen LogP contribution in [0.15, 0.2) is 41.3 Å². The molecule has 0 bridgehead atoms. The normalized spacial score (nSPS) is 10.3. The van der Waals surface area contributed by atoms with Crippen molar-refractivity contribution in [1.29, 1.82) is 0 Å². The minimum absolute atomic E-state index is 0.0150. The summed E-state index contributed by atoms with van der Waals surface area (Å²) in [6.45, 7) is 0. The average molecular weight is 189 g/mol. The third-order valence-electron chi connectivity index (χ3n) is 1.96. The van der Waals surface area contributed by atoms with E-state index in [1.807, 2.05) is 0 Å². The number of hydrogen-bond donors (Lipinski definition) is 1. The maximum atomic E-state index is 11.4. The summed E-state index contributed by atoms with van der Waals surface area (Å²) >= 11 is 0. The first-order valence-corrected chi connectivity index (χ1v) is 4.03. The molecule has 0 aromatic carbocycles. The number of carbonyl (C=O) groups is 1. The highest BCUT2D eigenvalue weighted by Gasteiger charge is 2.05. The molecule has 0 amide bonds. The van der Waals surface area contributed by atoms with Crippen molar-refractivity contribution < 1.29 is 9.90 Å². The van der Waals surface area contributed by atoms with E-state index in [0.29, 0.717) is 5.52 Å². The minimum atomic E-state index is -1.09. The van der Waals surface area contributed by atoms with Gasteiger partial charge in [0.25, 0.3) is 5.56 Å². The van der Waals surface area contributed by atoms with Crippen LogP contribution in [0.1, 0.15) is 10.4 Å². The first kappa shape index (κ1) is 8.50. The van der Waals surface area contributed by atoms with E-state index in [0.717, 1.165) is 6.07 Å². The Morgan fingerprint density at radius 1 is 1.29 bits per heavy atom. The van der Waals surface area contributed by atoms with Gasteiger partial charge in [-0.05, 0) is 18.2 Å². The van der Waals surface area contributed by atoms with Crippen molar-refractivity contribution in [3.05, 3.63) is 52.4 Å². The minimum Gasteiger partial charge on any atom is -0.478 e. The SMILES string of the molecule is O=C(O)c1cc(=O)n2ccccc2c1. The Hall–Kier alpha value is -2.10. The van der Waals surface area contributed by atoms with Gasteiger partial charge in [0.05, 0.1) is 5.56 Å². The molecule has 0 aliphatic carbocycles. The number of hydrogen-bond acceptors (Lipinski definition) is 2. The number of aromatic nitrogens is 1. The molecule has 14 heavy (non-hydrogen) atoms. The third kappa shape index (κ3) is 1.26. The molecule has 4 heteroatoms. The van der Waals surface area contributed by atoms with Crippen molar-refractivity contribution in [2.45, 2.75) is 0 Å². The van der Waals surface area contributed by atoms with Crippen LogP contribution < -0.4 is 5.56 Å². The Balaban J connectivity index is 2.86. The number of carboxylic acid groups (broad SMARTS) is 1. The predicted molar refractivity (Wildman–Crippen MR) is 50.6 cm³/mol. The first-order valence-electron chi connectivity index (χ1n) is 4.03. The summed E-state index contributed by atoms with van der Waals surface area (Å²) in [5, 5.41) is 8.72. The van der Waals surface area contributed by atoms with Gasteiger partial charge in [-0.25, -0.2) is 4.79 Å². The van der Waals surface area contributed by atoms with Gasteiger partial charge in [-0.15, -0.1) is 0 Å². The van der Waals surface area contributed by atoms with Crippen molar-refractivity contribution in [2.75, 3.05) is 0 Å². The molecule has 4 nitrogen and oxygen atoms in total. The lowest BCUT2D eigenvalue weighted by Gasteiger charge is -2.00. The van der Waals surface area contributed by atoms with Crippen LogP contribution in [0.5, 0.6) is 0 Å². The lowest BCUT2D eigenvalue weighted by atomic mass is 10.2. The summed E-state index contributed by atoms with van der Waals surface area (Å²) < 4.78 is 1.40. The van der Waals surface area contributed by atoms with E-state index in [-0.39, 0.29) is 11.1 Å². The van der Waals surface area contributed by atoms with Crippen LogP contribution in [0, 0.1) is 0 Å². The summed E-state index contributed by atoms with van der Waals surface area (Å²) in [7, 11) is 0. The summed E-state index contributed by atoms with van der Waals surface area (Å²) in [5.74, 6) is -1.09. The quantitative estimate of drug-likeness (QED) is 0.727. The molecule has 0 saturated heterocycles. The van der Waals surface area contributed by atoms with Gasteiger partial charge in [0, 0.05) is 17.8 Å². The molecule has 0 aliphatic rings. The molecule has 0 saturated carbocycles. The Morgan fingerprint density at radius 2 is 2.07 bits per heavy atom. The molecule has 0 fully saturated rings. The maximum absolute atomic E-state index is 11.4. The lowest BCUT2D eigenvalue weighted by molar-refractivity contribution is 0.0696. The zero-order chi connectivity index (χ0) is 10.1. The number of carboxylic acids is 1. The smallest absolute Gasteiger partial charge is 0.335 e. The number of nitrogens with zero attached hydrogens (tertiary/aromatic N) is 1. The van der Waals surface area contributed by atoms with E-state index in [9.17, 15) is 9.59 Å². The highest BCUT2D eigenvalue weighted by atomic mass is 16.4. The van der Waals surface area contributed by atoms with Gasteiger partial charge in [-0.1, -0.05) is 6.07 Å². The van der Waals surface area contributed by atoms with Crippen LogP contribution in [0.25, 0.3) is 5.52 Å². The number of aromatic carboxylic acids is 1. The molecule has 2 aromatic rings. The van der Waals surface area contributed by atoms with Crippen LogP contribution in [0.4, 0.5) is 0 Å². The fraction of sp³-hybridized carbons (Fsp3) is 0. The molecule has 70 valence electrons. The fourth-order valence-corrected chi connectivity index (χ4v) is 1.30. The Bertz CT molecular complexity index is 557. The zero-order valence-corrected chi connectivity index (χ0v) is 7.18. The first-order chi connectivity index (χ1) is 6.68. The second kappa shape index (κ2) is 2.99. The summed E-state index contributed by atoms with van der Waals surface area (Å²) in [6, 6.07) is 7.72. The molecular weight excluding hydrogens is 182 g/mol. The monoisotopic (exact) mass is 189 g/mol. The fourth-order valence-electron chi connectivity index (χ4n) is 1.30. The molecule has 1 N–H and O–H groups in total. The molecule has 0 unspecified atom stereocenters. The molecule has 2 aromatic heterocycles. The molecular formula is C10H7NO3. The Morgan fingerprint density at radius 3 is 2.79 bits per heavy atom. The topological polar surface area (TPSA) is 58.8 Å². The standard InChI is InChI=1S/C10H7NO3/c12-9-6-7(10(13)14)5-8-3-1-2-4-11(8)9/h1-6H,(H,13,14). The van der Waals surface area contributed by atoms with E-state index in [2.05, 4.69) is 0 Å². The zero-order valence-electron chi connectivity index (χ0n) is 7.18.